The van der Waals surface area contributed by atoms with Gasteiger partial charge in [-0.1, -0.05) is 17.9 Å². The van der Waals surface area contributed by atoms with Crippen LogP contribution in [0.5, 0.6) is 5.75 Å². The molecule has 0 radical (unpaired) electrons. The number of halogens is 2. The van der Waals surface area contributed by atoms with E-state index in [1.807, 2.05) is 5.38 Å². The Kier molecular flexibility index (Phi) is 4.50. The van der Waals surface area contributed by atoms with Crippen molar-refractivity contribution in [2.24, 2.45) is 0 Å². The maximum Gasteiger partial charge on any atom is 0.200 e. The molecule has 0 fully saturated rings. The molecular weight excluding hydrogens is 270 g/mol. The van der Waals surface area contributed by atoms with Gasteiger partial charge in [0.15, 0.2) is 11.6 Å². The quantitative estimate of drug-likeness (QED) is 0.876. The fourth-order valence-corrected chi connectivity index (χ4v) is 2.18. The third-order valence-electron chi connectivity index (χ3n) is 2.32. The molecule has 0 unspecified atom stereocenters. The molecule has 0 aliphatic heterocycles. The van der Waals surface area contributed by atoms with Crippen LogP contribution in [-0.4, -0.2) is 11.7 Å². The molecule has 0 bridgehead atoms. The van der Waals surface area contributed by atoms with Crippen molar-refractivity contribution in [3.05, 3.63) is 51.7 Å². The molecule has 0 saturated carbocycles. The zero-order valence-corrected chi connectivity index (χ0v) is 10.6. The summed E-state index contributed by atoms with van der Waals surface area (Å²) in [5.41, 5.74) is 0.718. The van der Waals surface area contributed by atoms with Gasteiger partial charge in [0.05, 0.1) is 4.88 Å². The summed E-state index contributed by atoms with van der Waals surface area (Å²) < 4.78 is 31.6. The molecule has 2 aromatic rings. The van der Waals surface area contributed by atoms with Crippen LogP contribution in [0.1, 0.15) is 10.4 Å². The zero-order valence-electron chi connectivity index (χ0n) is 9.82. The predicted octanol–water partition coefficient (Wildman–Crippen LogP) is 2.95. The van der Waals surface area contributed by atoms with Gasteiger partial charge < -0.3 is 9.84 Å². The van der Waals surface area contributed by atoms with Crippen LogP contribution in [0, 0.1) is 23.5 Å². The molecule has 5 heteroatoms. The minimum atomic E-state index is -0.998. The van der Waals surface area contributed by atoms with E-state index in [-0.39, 0.29) is 19.0 Å². The highest BCUT2D eigenvalue weighted by molar-refractivity contribution is 7.10. The first-order valence-electron chi connectivity index (χ1n) is 5.45. The summed E-state index contributed by atoms with van der Waals surface area (Å²) in [6, 6.07) is 5.57. The number of rotatable bonds is 3. The molecule has 1 N–H and O–H groups in total. The predicted molar refractivity (Wildman–Crippen MR) is 69.0 cm³/mol. The summed E-state index contributed by atoms with van der Waals surface area (Å²) in [6.07, 6.45) is 0. The number of aliphatic hydroxyl groups is 1. The van der Waals surface area contributed by atoms with Crippen LogP contribution in [-0.2, 0) is 6.61 Å². The Labute approximate surface area is 113 Å². The van der Waals surface area contributed by atoms with E-state index in [0.29, 0.717) is 0 Å². The van der Waals surface area contributed by atoms with Gasteiger partial charge >= 0.3 is 0 Å². The van der Waals surface area contributed by atoms with E-state index in [1.54, 1.807) is 6.07 Å². The summed E-state index contributed by atoms with van der Waals surface area (Å²) in [5.74, 6) is 3.23. The van der Waals surface area contributed by atoms with Gasteiger partial charge in [-0.05, 0) is 23.6 Å². The number of hydrogen-bond donors (Lipinski definition) is 1. The van der Waals surface area contributed by atoms with Crippen molar-refractivity contribution in [1.29, 1.82) is 0 Å². The van der Waals surface area contributed by atoms with Gasteiger partial charge in [-0.25, -0.2) is 4.39 Å². The van der Waals surface area contributed by atoms with E-state index < -0.39 is 11.6 Å². The highest BCUT2D eigenvalue weighted by Crippen LogP contribution is 2.23. The average Bonchev–Trinajstić information content (AvgIpc) is 2.85. The Bertz CT molecular complexity index is 626. The molecule has 0 saturated heterocycles. The molecule has 0 spiro atoms. The smallest absolute Gasteiger partial charge is 0.200 e. The normalized spacial score (nSPS) is 9.84. The summed E-state index contributed by atoms with van der Waals surface area (Å²) in [6.45, 7) is -0.123. The van der Waals surface area contributed by atoms with Crippen molar-refractivity contribution in [2.45, 2.75) is 6.61 Å². The van der Waals surface area contributed by atoms with Gasteiger partial charge in [0, 0.05) is 5.56 Å². The fourth-order valence-electron chi connectivity index (χ4n) is 1.44. The van der Waals surface area contributed by atoms with Gasteiger partial charge in [-0.2, -0.15) is 4.39 Å². The second kappa shape index (κ2) is 6.32. The Hall–Kier alpha value is -1.90. The molecule has 19 heavy (non-hydrogen) atoms. The molecule has 0 amide bonds. The van der Waals surface area contributed by atoms with Gasteiger partial charge in [0.2, 0.25) is 5.82 Å². The van der Waals surface area contributed by atoms with Crippen molar-refractivity contribution in [3.8, 4) is 17.6 Å². The van der Waals surface area contributed by atoms with Gasteiger partial charge in [0.25, 0.3) is 0 Å². The zero-order chi connectivity index (χ0) is 13.7. The Morgan fingerprint density at radius 1 is 1.26 bits per heavy atom. The van der Waals surface area contributed by atoms with Crippen LogP contribution < -0.4 is 4.74 Å². The van der Waals surface area contributed by atoms with Crippen LogP contribution in [0.15, 0.2) is 29.6 Å². The molecule has 0 atom stereocenters. The lowest BCUT2D eigenvalue weighted by Gasteiger charge is -2.06. The second-order valence-electron chi connectivity index (χ2n) is 3.56. The van der Waals surface area contributed by atoms with Crippen molar-refractivity contribution in [3.63, 3.8) is 0 Å². The third kappa shape index (κ3) is 3.31. The number of benzene rings is 1. The topological polar surface area (TPSA) is 29.5 Å². The third-order valence-corrected chi connectivity index (χ3v) is 3.22. The summed E-state index contributed by atoms with van der Waals surface area (Å²) in [4.78, 5) is 0.796. The number of ether oxygens (including phenoxy) is 1. The molecule has 2 rings (SSSR count). The van der Waals surface area contributed by atoms with Crippen LogP contribution in [0.3, 0.4) is 0 Å². The van der Waals surface area contributed by atoms with Crippen LogP contribution in [0.25, 0.3) is 0 Å². The molecule has 1 heterocycles. The van der Waals surface area contributed by atoms with E-state index in [1.165, 1.54) is 23.5 Å². The van der Waals surface area contributed by atoms with Crippen molar-refractivity contribution < 1.29 is 18.6 Å². The Morgan fingerprint density at radius 3 is 2.89 bits per heavy atom. The van der Waals surface area contributed by atoms with E-state index in [4.69, 9.17) is 9.84 Å². The molecule has 1 aromatic carbocycles. The number of hydrogen-bond acceptors (Lipinski definition) is 3. The minimum Gasteiger partial charge on any atom is -0.485 e. The monoisotopic (exact) mass is 280 g/mol. The van der Waals surface area contributed by atoms with Crippen LogP contribution in [0.2, 0.25) is 0 Å². The molecule has 0 aliphatic carbocycles. The van der Waals surface area contributed by atoms with E-state index >= 15 is 0 Å². The highest BCUT2D eigenvalue weighted by atomic mass is 32.1. The largest absolute Gasteiger partial charge is 0.485 e. The first-order chi connectivity index (χ1) is 9.22. The molecule has 2 nitrogen and oxygen atoms in total. The number of thiophene rings is 1. The lowest BCUT2D eigenvalue weighted by molar-refractivity contribution is 0.287. The molecular formula is C14H10F2O2S. The summed E-state index contributed by atoms with van der Waals surface area (Å²) in [7, 11) is 0. The first-order valence-corrected chi connectivity index (χ1v) is 6.33. The Morgan fingerprint density at radius 2 is 2.11 bits per heavy atom. The van der Waals surface area contributed by atoms with Gasteiger partial charge in [-0.15, -0.1) is 11.3 Å². The maximum absolute atomic E-state index is 13.4. The summed E-state index contributed by atoms with van der Waals surface area (Å²) in [5, 5.41) is 10.5. The molecule has 1 aromatic heterocycles. The van der Waals surface area contributed by atoms with Crippen LogP contribution >= 0.6 is 11.3 Å². The average molecular weight is 280 g/mol. The lowest BCUT2D eigenvalue weighted by Crippen LogP contribution is -1.98. The van der Waals surface area contributed by atoms with E-state index in [2.05, 4.69) is 11.8 Å². The minimum absolute atomic E-state index is 0.105. The van der Waals surface area contributed by atoms with Crippen molar-refractivity contribution >= 4 is 11.3 Å². The van der Waals surface area contributed by atoms with Crippen molar-refractivity contribution in [1.82, 2.24) is 0 Å². The molecule has 0 aliphatic rings. The second-order valence-corrected chi connectivity index (χ2v) is 4.56. The van der Waals surface area contributed by atoms with E-state index in [0.717, 1.165) is 16.5 Å². The Balaban J connectivity index is 2.11. The fraction of sp³-hybridized carbons (Fsp3) is 0.143. The molecule has 98 valence electrons. The SMILES string of the molecule is OCC#Cc1ccsc1COc1cccc(F)c1F. The lowest BCUT2D eigenvalue weighted by atomic mass is 10.2. The van der Waals surface area contributed by atoms with E-state index in [9.17, 15) is 8.78 Å². The van der Waals surface area contributed by atoms with Gasteiger partial charge in [0.1, 0.15) is 13.2 Å². The number of aliphatic hydroxyl groups excluding tert-OH is 1. The highest BCUT2D eigenvalue weighted by Gasteiger charge is 2.10. The maximum atomic E-state index is 13.4. The first kappa shape index (κ1) is 13.5. The van der Waals surface area contributed by atoms with Crippen molar-refractivity contribution in [2.75, 3.05) is 6.61 Å². The standard InChI is InChI=1S/C14H10F2O2S/c15-11-4-1-5-12(14(11)16)18-9-13-10(3-2-7-17)6-8-19-13/h1,4-6,8,17H,7,9H2. The van der Waals surface area contributed by atoms with Crippen LogP contribution in [0.4, 0.5) is 8.78 Å². The van der Waals surface area contributed by atoms with Gasteiger partial charge in [-0.3, -0.25) is 0 Å². The summed E-state index contributed by atoms with van der Waals surface area (Å²) >= 11 is 1.40.